The predicted molar refractivity (Wildman–Crippen MR) is 59.0 cm³/mol. The number of Topliss-reactive ketones (excluding diaryl/α,β-unsaturated/α-hetero) is 1. The van der Waals surface area contributed by atoms with Crippen LogP contribution in [0, 0.1) is 0 Å². The zero-order chi connectivity index (χ0) is 11.2. The van der Waals surface area contributed by atoms with Crippen LogP contribution in [0.25, 0.3) is 0 Å². The van der Waals surface area contributed by atoms with Gasteiger partial charge in [-0.2, -0.15) is 0 Å². The number of carbonyl (C=O) groups excluding carboxylic acids is 1. The van der Waals surface area contributed by atoms with Gasteiger partial charge in [0.05, 0.1) is 5.41 Å². The van der Waals surface area contributed by atoms with Crippen LogP contribution in [0.2, 0.25) is 0 Å². The van der Waals surface area contributed by atoms with Crippen molar-refractivity contribution < 1.29 is 14.3 Å². The summed E-state index contributed by atoms with van der Waals surface area (Å²) in [5.74, 6) is 1.87. The van der Waals surface area contributed by atoms with E-state index in [-0.39, 0.29) is 5.41 Å². The highest BCUT2D eigenvalue weighted by molar-refractivity contribution is 5.95. The highest BCUT2D eigenvalue weighted by Gasteiger charge is 2.43. The van der Waals surface area contributed by atoms with Crippen molar-refractivity contribution in [3.63, 3.8) is 0 Å². The van der Waals surface area contributed by atoms with Crippen LogP contribution < -0.4 is 9.47 Å². The number of ether oxygens (including phenoxy) is 2. The van der Waals surface area contributed by atoms with Crippen molar-refractivity contribution in [2.75, 3.05) is 13.2 Å². The third-order valence-electron chi connectivity index (χ3n) is 3.65. The summed E-state index contributed by atoms with van der Waals surface area (Å²) >= 11 is 0. The van der Waals surface area contributed by atoms with Gasteiger partial charge in [0.2, 0.25) is 0 Å². The fourth-order valence-corrected chi connectivity index (χ4v) is 2.29. The molecule has 3 heteroatoms. The maximum Gasteiger partial charge on any atom is 0.161 e. The summed E-state index contributed by atoms with van der Waals surface area (Å²) in [6.07, 6.45) is 1.64. The first-order valence-electron chi connectivity index (χ1n) is 5.63. The SMILES string of the molecule is CC1(c2ccc3c(c2)OCCO3)CCC1=O. The summed E-state index contributed by atoms with van der Waals surface area (Å²) in [5, 5.41) is 0. The van der Waals surface area contributed by atoms with Crippen LogP contribution in [0.15, 0.2) is 18.2 Å². The summed E-state index contributed by atoms with van der Waals surface area (Å²) in [4.78, 5) is 11.6. The first-order valence-corrected chi connectivity index (χ1v) is 5.63. The maximum absolute atomic E-state index is 11.6. The van der Waals surface area contributed by atoms with Gasteiger partial charge in [-0.3, -0.25) is 4.79 Å². The summed E-state index contributed by atoms with van der Waals surface area (Å²) in [5.41, 5.74) is 0.753. The molecule has 3 rings (SSSR count). The zero-order valence-electron chi connectivity index (χ0n) is 9.29. The third-order valence-corrected chi connectivity index (χ3v) is 3.65. The molecule has 0 spiro atoms. The van der Waals surface area contributed by atoms with Crippen molar-refractivity contribution in [3.8, 4) is 11.5 Å². The molecule has 1 atom stereocenters. The Morgan fingerprint density at radius 3 is 2.56 bits per heavy atom. The standard InChI is InChI=1S/C13H14O3/c1-13(5-4-12(13)14)9-2-3-10-11(8-9)16-7-6-15-10/h2-3,8H,4-7H2,1H3. The molecular weight excluding hydrogens is 204 g/mol. The Hall–Kier alpha value is -1.51. The molecule has 3 nitrogen and oxygen atoms in total. The fourth-order valence-electron chi connectivity index (χ4n) is 2.29. The Balaban J connectivity index is 2.00. The minimum absolute atomic E-state index is 0.296. The van der Waals surface area contributed by atoms with E-state index in [1.54, 1.807) is 0 Å². The van der Waals surface area contributed by atoms with Gasteiger partial charge in [-0.05, 0) is 31.0 Å². The Kier molecular flexibility index (Phi) is 1.96. The number of carbonyl (C=O) groups is 1. The lowest BCUT2D eigenvalue weighted by Crippen LogP contribution is -2.42. The Labute approximate surface area is 94.4 Å². The topological polar surface area (TPSA) is 35.5 Å². The number of fused-ring (bicyclic) bond motifs is 1. The van der Waals surface area contributed by atoms with E-state index < -0.39 is 0 Å². The number of hydrogen-bond donors (Lipinski definition) is 0. The number of rotatable bonds is 1. The monoisotopic (exact) mass is 218 g/mol. The summed E-state index contributed by atoms with van der Waals surface area (Å²) in [7, 11) is 0. The van der Waals surface area contributed by atoms with E-state index in [0.29, 0.717) is 25.4 Å². The first kappa shape index (κ1) is 9.70. The molecule has 1 aliphatic carbocycles. The smallest absolute Gasteiger partial charge is 0.161 e. The van der Waals surface area contributed by atoms with Gasteiger partial charge in [0.1, 0.15) is 19.0 Å². The molecule has 1 fully saturated rings. The second kappa shape index (κ2) is 3.24. The van der Waals surface area contributed by atoms with Crippen LogP contribution >= 0.6 is 0 Å². The van der Waals surface area contributed by atoms with Crippen LogP contribution in [0.1, 0.15) is 25.3 Å². The maximum atomic E-state index is 11.6. The Bertz CT molecular complexity index is 452. The molecule has 0 radical (unpaired) electrons. The molecule has 0 bridgehead atoms. The molecule has 0 saturated heterocycles. The van der Waals surface area contributed by atoms with Gasteiger partial charge < -0.3 is 9.47 Å². The molecular formula is C13H14O3. The molecule has 16 heavy (non-hydrogen) atoms. The van der Waals surface area contributed by atoms with Gasteiger partial charge in [-0.25, -0.2) is 0 Å². The highest BCUT2D eigenvalue weighted by atomic mass is 16.6. The van der Waals surface area contributed by atoms with E-state index >= 15 is 0 Å². The molecule has 1 saturated carbocycles. The molecule has 0 amide bonds. The van der Waals surface area contributed by atoms with E-state index in [1.165, 1.54) is 0 Å². The van der Waals surface area contributed by atoms with E-state index in [4.69, 9.17) is 9.47 Å². The van der Waals surface area contributed by atoms with E-state index in [1.807, 2.05) is 25.1 Å². The van der Waals surface area contributed by atoms with Gasteiger partial charge in [0.25, 0.3) is 0 Å². The summed E-state index contributed by atoms with van der Waals surface area (Å²) < 4.78 is 11.0. The van der Waals surface area contributed by atoms with Gasteiger partial charge in [0, 0.05) is 6.42 Å². The number of ketones is 1. The van der Waals surface area contributed by atoms with Crippen molar-refractivity contribution >= 4 is 5.78 Å². The Morgan fingerprint density at radius 1 is 1.19 bits per heavy atom. The molecule has 1 heterocycles. The number of hydrogen-bond acceptors (Lipinski definition) is 3. The fraction of sp³-hybridized carbons (Fsp3) is 0.462. The highest BCUT2D eigenvalue weighted by Crippen LogP contribution is 2.43. The van der Waals surface area contributed by atoms with Crippen LogP contribution in [-0.2, 0) is 10.2 Å². The molecule has 2 aliphatic rings. The second-order valence-electron chi connectivity index (χ2n) is 4.61. The normalized spacial score (nSPS) is 27.4. The van der Waals surface area contributed by atoms with E-state index in [9.17, 15) is 4.79 Å². The van der Waals surface area contributed by atoms with Crippen molar-refractivity contribution in [1.82, 2.24) is 0 Å². The zero-order valence-corrected chi connectivity index (χ0v) is 9.29. The minimum Gasteiger partial charge on any atom is -0.486 e. The average Bonchev–Trinajstić information content (AvgIpc) is 2.35. The van der Waals surface area contributed by atoms with Gasteiger partial charge in [0.15, 0.2) is 11.5 Å². The van der Waals surface area contributed by atoms with Crippen molar-refractivity contribution in [1.29, 1.82) is 0 Å². The van der Waals surface area contributed by atoms with Crippen LogP contribution in [0.5, 0.6) is 11.5 Å². The van der Waals surface area contributed by atoms with E-state index in [0.717, 1.165) is 23.5 Å². The van der Waals surface area contributed by atoms with Crippen molar-refractivity contribution in [3.05, 3.63) is 23.8 Å². The lowest BCUT2D eigenvalue weighted by atomic mass is 9.65. The van der Waals surface area contributed by atoms with Crippen molar-refractivity contribution in [2.24, 2.45) is 0 Å². The van der Waals surface area contributed by atoms with Gasteiger partial charge in [-0.1, -0.05) is 6.07 Å². The van der Waals surface area contributed by atoms with Gasteiger partial charge in [-0.15, -0.1) is 0 Å². The third kappa shape index (κ3) is 1.24. The molecule has 0 aromatic heterocycles. The largest absolute Gasteiger partial charge is 0.486 e. The van der Waals surface area contributed by atoms with Crippen LogP contribution in [0.3, 0.4) is 0 Å². The van der Waals surface area contributed by atoms with Gasteiger partial charge >= 0.3 is 0 Å². The molecule has 1 unspecified atom stereocenters. The molecule has 0 N–H and O–H groups in total. The quantitative estimate of drug-likeness (QED) is 0.724. The first-order chi connectivity index (χ1) is 7.70. The lowest BCUT2D eigenvalue weighted by molar-refractivity contribution is -0.130. The lowest BCUT2D eigenvalue weighted by Gasteiger charge is -2.37. The molecule has 1 aromatic carbocycles. The second-order valence-corrected chi connectivity index (χ2v) is 4.61. The number of benzene rings is 1. The van der Waals surface area contributed by atoms with Crippen LogP contribution in [0.4, 0.5) is 0 Å². The Morgan fingerprint density at radius 2 is 1.94 bits per heavy atom. The summed E-state index contributed by atoms with van der Waals surface area (Å²) in [6, 6.07) is 5.83. The average molecular weight is 218 g/mol. The van der Waals surface area contributed by atoms with Crippen molar-refractivity contribution in [2.45, 2.75) is 25.2 Å². The van der Waals surface area contributed by atoms with Crippen LogP contribution in [-0.4, -0.2) is 19.0 Å². The molecule has 1 aromatic rings. The molecule has 1 aliphatic heterocycles. The van der Waals surface area contributed by atoms with E-state index in [2.05, 4.69) is 0 Å². The predicted octanol–water partition coefficient (Wildman–Crippen LogP) is 2.08. The minimum atomic E-state index is -0.296. The molecule has 84 valence electrons. The summed E-state index contributed by atoms with van der Waals surface area (Å²) in [6.45, 7) is 3.19.